The Morgan fingerprint density at radius 3 is 2.67 bits per heavy atom. The van der Waals surface area contributed by atoms with Gasteiger partial charge in [-0.25, -0.2) is 9.50 Å². The van der Waals surface area contributed by atoms with E-state index in [2.05, 4.69) is 20.9 Å². The van der Waals surface area contributed by atoms with Crippen molar-refractivity contribution in [2.24, 2.45) is 13.0 Å². The SMILES string of the molecule is CC1Cc2c(n3ncc(CC4CC4)c3n(-c3ccc4c(c3)ncn4C)c2=O)CN1C(=O)c1ccc(Br)c(C(F)(F)F)c1. The summed E-state index contributed by atoms with van der Waals surface area (Å²) in [4.78, 5) is 33.9. The molecule has 0 saturated heterocycles. The topological polar surface area (TPSA) is 77.4 Å². The molecule has 7 rings (SSSR count). The van der Waals surface area contributed by atoms with E-state index in [1.54, 1.807) is 28.5 Å². The van der Waals surface area contributed by atoms with Gasteiger partial charge in [0.05, 0.1) is 47.0 Å². The minimum atomic E-state index is -4.61. The van der Waals surface area contributed by atoms with Crippen LogP contribution in [0, 0.1) is 5.92 Å². The Labute approximate surface area is 246 Å². The Kier molecular flexibility index (Phi) is 6.12. The van der Waals surface area contributed by atoms with E-state index in [1.807, 2.05) is 29.8 Å². The fourth-order valence-electron chi connectivity index (χ4n) is 5.98. The number of nitrogens with zero attached hydrogens (tertiary/aromatic N) is 6. The number of halogens is 4. The average molecular weight is 639 g/mol. The Morgan fingerprint density at radius 2 is 1.93 bits per heavy atom. The Morgan fingerprint density at radius 1 is 1.14 bits per heavy atom. The summed E-state index contributed by atoms with van der Waals surface area (Å²) >= 11 is 2.95. The van der Waals surface area contributed by atoms with Crippen molar-refractivity contribution < 1.29 is 18.0 Å². The second-order valence-electron chi connectivity index (χ2n) is 11.3. The van der Waals surface area contributed by atoms with Crippen molar-refractivity contribution in [1.29, 1.82) is 0 Å². The average Bonchev–Trinajstić information content (AvgIpc) is 3.57. The van der Waals surface area contributed by atoms with Gasteiger partial charge >= 0.3 is 6.18 Å². The first kappa shape index (κ1) is 26.9. The molecule has 2 aliphatic rings. The number of rotatable bonds is 4. The first-order chi connectivity index (χ1) is 20.0. The normalized spacial score (nSPS) is 17.3. The second kappa shape index (κ2) is 9.55. The minimum absolute atomic E-state index is 0.0448. The predicted octanol–water partition coefficient (Wildman–Crippen LogP) is 5.69. The zero-order valence-corrected chi connectivity index (χ0v) is 24.4. The number of alkyl halides is 3. The molecule has 1 unspecified atom stereocenters. The summed E-state index contributed by atoms with van der Waals surface area (Å²) in [6.07, 6.45) is 2.18. The van der Waals surface area contributed by atoms with E-state index in [4.69, 9.17) is 5.10 Å². The summed E-state index contributed by atoms with van der Waals surface area (Å²) in [5.74, 6) is 0.00336. The quantitative estimate of drug-likeness (QED) is 0.253. The maximum Gasteiger partial charge on any atom is 0.417 e. The second-order valence-corrected chi connectivity index (χ2v) is 12.2. The molecule has 1 aliphatic heterocycles. The molecule has 1 saturated carbocycles. The number of imidazole rings is 1. The molecule has 1 aliphatic carbocycles. The van der Waals surface area contributed by atoms with Crippen LogP contribution in [-0.4, -0.2) is 40.6 Å². The van der Waals surface area contributed by atoms with Crippen LogP contribution in [0.4, 0.5) is 13.2 Å². The smallest absolute Gasteiger partial charge is 0.334 e. The Balaban J connectivity index is 1.36. The van der Waals surface area contributed by atoms with Crippen LogP contribution < -0.4 is 5.56 Å². The van der Waals surface area contributed by atoms with Crippen LogP contribution in [-0.2, 0) is 32.6 Å². The molecule has 8 nitrogen and oxygen atoms in total. The van der Waals surface area contributed by atoms with Gasteiger partial charge in [-0.05, 0) is 74.9 Å². The molecule has 0 N–H and O–H groups in total. The third-order valence-electron chi connectivity index (χ3n) is 8.40. The van der Waals surface area contributed by atoms with Crippen LogP contribution in [0.1, 0.15) is 52.5 Å². The number of aryl methyl sites for hydroxylation is 1. The van der Waals surface area contributed by atoms with E-state index in [-0.39, 0.29) is 28.6 Å². The number of benzene rings is 2. The molecule has 0 bridgehead atoms. The Bertz CT molecular complexity index is 1970. The van der Waals surface area contributed by atoms with Crippen LogP contribution >= 0.6 is 15.9 Å². The van der Waals surface area contributed by atoms with E-state index >= 15 is 0 Å². The predicted molar refractivity (Wildman–Crippen MR) is 154 cm³/mol. The van der Waals surface area contributed by atoms with Gasteiger partial charge in [0, 0.05) is 34.3 Å². The van der Waals surface area contributed by atoms with Crippen molar-refractivity contribution in [3.8, 4) is 5.69 Å². The lowest BCUT2D eigenvalue weighted by Gasteiger charge is -2.35. The molecule has 3 aromatic heterocycles. The van der Waals surface area contributed by atoms with Crippen LogP contribution in [0.15, 0.2) is 58.2 Å². The molecule has 1 fully saturated rings. The molecule has 216 valence electrons. The van der Waals surface area contributed by atoms with E-state index < -0.39 is 23.7 Å². The first-order valence-electron chi connectivity index (χ1n) is 13.7. The highest BCUT2D eigenvalue weighted by Gasteiger charge is 2.37. The number of fused-ring (bicyclic) bond motifs is 4. The van der Waals surface area contributed by atoms with E-state index in [9.17, 15) is 22.8 Å². The molecule has 12 heteroatoms. The fourth-order valence-corrected chi connectivity index (χ4v) is 6.45. The van der Waals surface area contributed by atoms with Gasteiger partial charge in [0.15, 0.2) is 0 Å². The molecule has 1 atom stereocenters. The highest BCUT2D eigenvalue weighted by Crippen LogP contribution is 2.37. The summed E-state index contributed by atoms with van der Waals surface area (Å²) in [6.45, 7) is 1.85. The van der Waals surface area contributed by atoms with Crippen LogP contribution in [0.5, 0.6) is 0 Å². The van der Waals surface area contributed by atoms with Crippen molar-refractivity contribution in [3.63, 3.8) is 0 Å². The third kappa shape index (κ3) is 4.34. The number of carbonyl (C=O) groups is 1. The molecule has 0 spiro atoms. The largest absolute Gasteiger partial charge is 0.417 e. The molecule has 1 amide bonds. The standard InChI is InChI=1S/C30H26BrF3N6O2/c1-16-9-21-26(14-38(16)28(41)18-5-7-23(31)22(11-18)30(32,33)34)40-27(19(13-36-40)10-17-3-4-17)39(29(21)42)20-6-8-25-24(12-20)35-15-37(25)2/h5-8,11-13,15-17H,3-4,9-10,14H2,1-2H3. The lowest BCUT2D eigenvalue weighted by atomic mass is 9.97. The first-order valence-corrected chi connectivity index (χ1v) is 14.5. The van der Waals surface area contributed by atoms with Gasteiger partial charge < -0.3 is 9.47 Å². The minimum Gasteiger partial charge on any atom is -0.334 e. The molecule has 5 aromatic rings. The number of amides is 1. The molecule has 42 heavy (non-hydrogen) atoms. The molecular formula is C30H26BrF3N6O2. The third-order valence-corrected chi connectivity index (χ3v) is 9.09. The van der Waals surface area contributed by atoms with Crippen molar-refractivity contribution >= 4 is 38.5 Å². The molecule has 0 radical (unpaired) electrons. The van der Waals surface area contributed by atoms with Gasteiger partial charge in [-0.3, -0.25) is 14.2 Å². The van der Waals surface area contributed by atoms with Gasteiger partial charge in [-0.15, -0.1) is 0 Å². The van der Waals surface area contributed by atoms with Crippen molar-refractivity contribution in [2.45, 2.75) is 51.4 Å². The fraction of sp³-hybridized carbons (Fsp3) is 0.333. The Hall–Kier alpha value is -3.93. The van der Waals surface area contributed by atoms with Crippen molar-refractivity contribution in [2.75, 3.05) is 0 Å². The number of hydrogen-bond donors (Lipinski definition) is 0. The monoisotopic (exact) mass is 638 g/mol. The van der Waals surface area contributed by atoms with E-state index in [0.29, 0.717) is 28.5 Å². The maximum atomic E-state index is 14.3. The van der Waals surface area contributed by atoms with E-state index in [1.165, 1.54) is 17.0 Å². The van der Waals surface area contributed by atoms with Gasteiger partial charge in [0.2, 0.25) is 0 Å². The highest BCUT2D eigenvalue weighted by atomic mass is 79.9. The van der Waals surface area contributed by atoms with Crippen molar-refractivity contribution in [1.82, 2.24) is 28.6 Å². The zero-order valence-electron chi connectivity index (χ0n) is 22.8. The molecule has 4 heterocycles. The van der Waals surface area contributed by atoms with Crippen LogP contribution in [0.3, 0.4) is 0 Å². The number of carbonyl (C=O) groups excluding carboxylic acids is 1. The van der Waals surface area contributed by atoms with E-state index in [0.717, 1.165) is 41.9 Å². The zero-order chi connectivity index (χ0) is 29.5. The maximum absolute atomic E-state index is 14.3. The van der Waals surface area contributed by atoms with Crippen molar-refractivity contribution in [3.05, 3.63) is 91.7 Å². The number of aromatic nitrogens is 5. The van der Waals surface area contributed by atoms with Crippen LogP contribution in [0.2, 0.25) is 0 Å². The van der Waals surface area contributed by atoms with Gasteiger partial charge in [-0.2, -0.15) is 18.3 Å². The summed E-state index contributed by atoms with van der Waals surface area (Å²) in [5, 5.41) is 4.70. The lowest BCUT2D eigenvalue weighted by Crippen LogP contribution is -2.46. The van der Waals surface area contributed by atoms with Crippen LogP contribution in [0.25, 0.3) is 22.4 Å². The lowest BCUT2D eigenvalue weighted by molar-refractivity contribution is -0.138. The van der Waals surface area contributed by atoms with Gasteiger partial charge in [-0.1, -0.05) is 15.9 Å². The summed E-state index contributed by atoms with van der Waals surface area (Å²) in [5.41, 5.74) is 3.91. The molecule has 2 aromatic carbocycles. The molecular weight excluding hydrogens is 613 g/mol. The summed E-state index contributed by atoms with van der Waals surface area (Å²) < 4.78 is 46.0. The number of hydrogen-bond acceptors (Lipinski definition) is 4. The van der Waals surface area contributed by atoms with Gasteiger partial charge in [0.25, 0.3) is 11.5 Å². The summed E-state index contributed by atoms with van der Waals surface area (Å²) in [6, 6.07) is 8.80. The highest BCUT2D eigenvalue weighted by molar-refractivity contribution is 9.10. The summed E-state index contributed by atoms with van der Waals surface area (Å²) in [7, 11) is 1.91. The van der Waals surface area contributed by atoms with Gasteiger partial charge in [0.1, 0.15) is 5.65 Å².